The topological polar surface area (TPSA) is 60.2 Å². The summed E-state index contributed by atoms with van der Waals surface area (Å²) in [5.41, 5.74) is 14.6. The fourth-order valence-electron chi connectivity index (χ4n) is 4.34. The molecule has 1 heterocycles. The van der Waals surface area contributed by atoms with Crippen LogP contribution in [0.2, 0.25) is 0 Å². The summed E-state index contributed by atoms with van der Waals surface area (Å²) in [6, 6.07) is 17.6. The van der Waals surface area contributed by atoms with Crippen LogP contribution in [-0.4, -0.2) is 17.1 Å². The van der Waals surface area contributed by atoms with E-state index in [1.807, 2.05) is 6.20 Å². The Morgan fingerprint density at radius 1 is 1.00 bits per heavy atom. The highest BCUT2D eigenvalue weighted by atomic mass is 16.5. The van der Waals surface area contributed by atoms with Crippen molar-refractivity contribution in [1.82, 2.24) is 10.3 Å². The summed E-state index contributed by atoms with van der Waals surface area (Å²) in [5, 5.41) is 3.69. The fraction of sp³-hybridized carbons (Fsp3) is 0.370. The van der Waals surface area contributed by atoms with Gasteiger partial charge in [0.2, 0.25) is 0 Å². The number of nitrogen functional groups attached to an aromatic ring is 1. The van der Waals surface area contributed by atoms with Gasteiger partial charge in [0.15, 0.2) is 0 Å². The monoisotopic (exact) mass is 415 g/mol. The number of nitrogens with zero attached hydrogens (tertiary/aromatic N) is 1. The Hall–Kier alpha value is -2.69. The molecule has 1 saturated carbocycles. The van der Waals surface area contributed by atoms with Crippen LogP contribution in [0.5, 0.6) is 0 Å². The molecule has 1 aliphatic rings. The maximum atomic E-state index is 6.31. The van der Waals surface area contributed by atoms with Gasteiger partial charge in [0.05, 0.1) is 12.7 Å². The quantitative estimate of drug-likeness (QED) is 0.536. The fourth-order valence-corrected chi connectivity index (χ4v) is 4.34. The van der Waals surface area contributed by atoms with E-state index in [4.69, 9.17) is 10.5 Å². The average Bonchev–Trinajstić information content (AvgIpc) is 3.21. The number of rotatable bonds is 7. The molecule has 0 saturated heterocycles. The van der Waals surface area contributed by atoms with Crippen LogP contribution in [0.3, 0.4) is 0 Å². The molecule has 0 radical (unpaired) electrons. The Morgan fingerprint density at radius 2 is 1.87 bits per heavy atom. The van der Waals surface area contributed by atoms with Gasteiger partial charge in [-0.2, -0.15) is 0 Å². The predicted molar refractivity (Wildman–Crippen MR) is 128 cm³/mol. The van der Waals surface area contributed by atoms with Crippen molar-refractivity contribution in [1.29, 1.82) is 0 Å². The van der Waals surface area contributed by atoms with Crippen LogP contribution in [0.4, 0.5) is 5.82 Å². The molecule has 3 N–H and O–H groups in total. The molecule has 2 aromatic carbocycles. The molecule has 0 spiro atoms. The first-order valence-corrected chi connectivity index (χ1v) is 11.2. The van der Waals surface area contributed by atoms with E-state index in [1.165, 1.54) is 34.2 Å². The minimum Gasteiger partial charge on any atom is -0.383 e. The average molecular weight is 416 g/mol. The molecule has 4 heteroatoms. The number of nitrogens with one attached hydrogen (secondary N) is 1. The predicted octanol–water partition coefficient (Wildman–Crippen LogP) is 5.48. The van der Waals surface area contributed by atoms with Crippen LogP contribution < -0.4 is 11.1 Å². The zero-order valence-electron chi connectivity index (χ0n) is 18.8. The lowest BCUT2D eigenvalue weighted by molar-refractivity contribution is 0.0275. The van der Waals surface area contributed by atoms with E-state index in [-0.39, 0.29) is 6.10 Å². The van der Waals surface area contributed by atoms with Crippen molar-refractivity contribution in [2.75, 3.05) is 5.73 Å². The number of anilines is 1. The molecule has 3 aromatic rings. The van der Waals surface area contributed by atoms with Gasteiger partial charge < -0.3 is 15.8 Å². The Morgan fingerprint density at radius 3 is 2.68 bits per heavy atom. The highest BCUT2D eigenvalue weighted by molar-refractivity contribution is 5.65. The van der Waals surface area contributed by atoms with Crippen molar-refractivity contribution in [3.63, 3.8) is 0 Å². The molecule has 1 fully saturated rings. The summed E-state index contributed by atoms with van der Waals surface area (Å²) >= 11 is 0. The van der Waals surface area contributed by atoms with E-state index in [2.05, 4.69) is 79.6 Å². The summed E-state index contributed by atoms with van der Waals surface area (Å²) in [5.74, 6) is 0.592. The van der Waals surface area contributed by atoms with Gasteiger partial charge in [-0.05, 0) is 68.4 Å². The number of ether oxygens (including phenoxy) is 1. The summed E-state index contributed by atoms with van der Waals surface area (Å²) < 4.78 is 6.31. The molecule has 0 bridgehead atoms. The molecule has 0 amide bonds. The first kappa shape index (κ1) is 21.5. The van der Waals surface area contributed by atoms with E-state index in [0.717, 1.165) is 24.0 Å². The third-order valence-electron chi connectivity index (χ3n) is 6.40. The van der Waals surface area contributed by atoms with Gasteiger partial charge in [-0.1, -0.05) is 48.0 Å². The lowest BCUT2D eigenvalue weighted by Gasteiger charge is -2.22. The van der Waals surface area contributed by atoms with Gasteiger partial charge >= 0.3 is 0 Å². The van der Waals surface area contributed by atoms with Crippen molar-refractivity contribution < 1.29 is 4.74 Å². The normalized spacial score (nSPS) is 18.4. The molecule has 31 heavy (non-hydrogen) atoms. The molecule has 2 atom stereocenters. The lowest BCUT2D eigenvalue weighted by atomic mass is 10.0. The first-order valence-electron chi connectivity index (χ1n) is 11.2. The number of pyridine rings is 1. The van der Waals surface area contributed by atoms with Crippen molar-refractivity contribution in [2.45, 2.75) is 65.3 Å². The number of nitrogens with two attached hydrogens (primary N) is 1. The molecule has 4 rings (SSSR count). The summed E-state index contributed by atoms with van der Waals surface area (Å²) in [6.07, 6.45) is 5.50. The molecule has 0 aliphatic heterocycles. The van der Waals surface area contributed by atoms with Crippen LogP contribution in [0.25, 0.3) is 11.1 Å². The van der Waals surface area contributed by atoms with Crippen molar-refractivity contribution in [3.8, 4) is 11.1 Å². The summed E-state index contributed by atoms with van der Waals surface area (Å²) in [6.45, 7) is 7.77. The van der Waals surface area contributed by atoms with E-state index in [1.54, 1.807) is 0 Å². The lowest BCUT2D eigenvalue weighted by Crippen LogP contribution is -2.37. The van der Waals surface area contributed by atoms with E-state index in [9.17, 15) is 0 Å². The van der Waals surface area contributed by atoms with Gasteiger partial charge in [0, 0.05) is 29.9 Å². The second-order valence-corrected chi connectivity index (χ2v) is 8.82. The van der Waals surface area contributed by atoms with Crippen LogP contribution >= 0.6 is 0 Å². The van der Waals surface area contributed by atoms with Crippen molar-refractivity contribution in [3.05, 3.63) is 82.5 Å². The second kappa shape index (κ2) is 9.63. The number of hydrogen-bond acceptors (Lipinski definition) is 4. The van der Waals surface area contributed by atoms with Crippen molar-refractivity contribution >= 4 is 5.82 Å². The highest BCUT2D eigenvalue weighted by Gasteiger charge is 2.27. The zero-order chi connectivity index (χ0) is 21.8. The Labute approximate surface area is 185 Å². The number of aromatic nitrogens is 1. The minimum atomic E-state index is 0.232. The van der Waals surface area contributed by atoms with Gasteiger partial charge in [0.1, 0.15) is 5.82 Å². The minimum absolute atomic E-state index is 0.232. The van der Waals surface area contributed by atoms with Gasteiger partial charge in [-0.25, -0.2) is 4.98 Å². The molecule has 1 aromatic heterocycles. The van der Waals surface area contributed by atoms with Crippen molar-refractivity contribution in [2.24, 2.45) is 0 Å². The highest BCUT2D eigenvalue weighted by Crippen LogP contribution is 2.26. The molecule has 162 valence electrons. The van der Waals surface area contributed by atoms with Crippen LogP contribution in [-0.2, 0) is 17.9 Å². The molecule has 0 unspecified atom stereocenters. The smallest absolute Gasteiger partial charge is 0.127 e. The van der Waals surface area contributed by atoms with Gasteiger partial charge in [-0.3, -0.25) is 0 Å². The number of aryl methyl sites for hydroxylation is 3. The number of hydrogen-bond donors (Lipinski definition) is 2. The standard InChI is InChI=1S/C27H33N3O/c1-18-6-4-7-22(12-18)23-14-24(27(28)30-15-23)16-29-25-8-5-9-26(25)31-17-21-11-10-19(2)20(3)13-21/h4,6-7,10-15,25-26,29H,5,8-9,16-17H2,1-3H3,(H2,28,30)/t25-,26-/m0/s1. The second-order valence-electron chi connectivity index (χ2n) is 8.82. The first-order chi connectivity index (χ1) is 15.0. The van der Waals surface area contributed by atoms with E-state index in [0.29, 0.717) is 25.0 Å². The van der Waals surface area contributed by atoms with Gasteiger partial charge in [-0.15, -0.1) is 0 Å². The van der Waals surface area contributed by atoms with E-state index < -0.39 is 0 Å². The zero-order valence-corrected chi connectivity index (χ0v) is 18.8. The Balaban J connectivity index is 1.38. The molecular formula is C27H33N3O. The van der Waals surface area contributed by atoms with Crippen LogP contribution in [0, 0.1) is 20.8 Å². The SMILES string of the molecule is Cc1cccc(-c2cnc(N)c(CN[C@H]3CCC[C@@H]3OCc3ccc(C)c(C)c3)c2)c1. The van der Waals surface area contributed by atoms with Crippen LogP contribution in [0.15, 0.2) is 54.7 Å². The molecular weight excluding hydrogens is 382 g/mol. The number of benzene rings is 2. The molecule has 4 nitrogen and oxygen atoms in total. The Kier molecular flexibility index (Phi) is 6.69. The van der Waals surface area contributed by atoms with Crippen LogP contribution in [0.1, 0.15) is 47.1 Å². The third-order valence-corrected chi connectivity index (χ3v) is 6.40. The maximum absolute atomic E-state index is 6.31. The van der Waals surface area contributed by atoms with E-state index >= 15 is 0 Å². The van der Waals surface area contributed by atoms with Gasteiger partial charge in [0.25, 0.3) is 0 Å². The summed E-state index contributed by atoms with van der Waals surface area (Å²) in [4.78, 5) is 4.45. The largest absolute Gasteiger partial charge is 0.383 e. The Bertz CT molecular complexity index is 1050. The maximum Gasteiger partial charge on any atom is 0.127 e. The third kappa shape index (κ3) is 5.33. The summed E-state index contributed by atoms with van der Waals surface area (Å²) in [7, 11) is 0. The molecule has 1 aliphatic carbocycles.